The Balaban J connectivity index is 0.921. The van der Waals surface area contributed by atoms with E-state index in [0.717, 1.165) is 39.0 Å². The summed E-state index contributed by atoms with van der Waals surface area (Å²) in [7, 11) is -3.02. The molecular formula is C67H48O2S2. The first-order valence-electron chi connectivity index (χ1n) is 24.6. The number of hydrogen-bond donors (Lipinski definition) is 0. The van der Waals surface area contributed by atoms with E-state index in [2.05, 4.69) is 232 Å². The third kappa shape index (κ3) is 5.69. The second-order valence-corrected chi connectivity index (χ2v) is 27.1. The molecular weight excluding hydrogens is 901 g/mol. The van der Waals surface area contributed by atoms with E-state index in [1.54, 1.807) is 0 Å². The number of benzene rings is 11. The van der Waals surface area contributed by atoms with Crippen LogP contribution in [-0.2, 0) is 0 Å². The van der Waals surface area contributed by atoms with Gasteiger partial charge in [-0.25, -0.2) is 0 Å². The van der Waals surface area contributed by atoms with E-state index in [1.807, 2.05) is 0 Å². The van der Waals surface area contributed by atoms with E-state index in [1.165, 1.54) is 118 Å². The third-order valence-corrected chi connectivity index (χ3v) is 22.7. The van der Waals surface area contributed by atoms with Crippen LogP contribution in [-0.4, -0.2) is 24.5 Å². The number of hydrogen-bond acceptors (Lipinski definition) is 2. The van der Waals surface area contributed by atoms with E-state index in [0.29, 0.717) is 0 Å². The molecule has 0 radical (unpaired) electrons. The molecule has 13 aromatic rings. The molecule has 0 bridgehead atoms. The SMILES string of the molecule is CCS1(C)c2cc3c(cc2-c2c1cc(-c1ccc(-c4cccc5ccccc45)cc1)c1oc4ccccc4c21)S(C)(C)c1cc(-c2ccc(-c4cccc5ccccc45)cc2)c2c(oc4ccccc42)c1-3. The van der Waals surface area contributed by atoms with Gasteiger partial charge in [0.1, 0.15) is 22.3 Å². The van der Waals surface area contributed by atoms with Gasteiger partial charge in [-0.15, -0.1) is 0 Å². The molecule has 0 fully saturated rings. The highest BCUT2D eigenvalue weighted by Gasteiger charge is 2.43. The van der Waals surface area contributed by atoms with E-state index >= 15 is 0 Å². The molecule has 1 unspecified atom stereocenters. The molecule has 15 rings (SSSR count). The lowest BCUT2D eigenvalue weighted by Crippen LogP contribution is -2.00. The third-order valence-electron chi connectivity index (χ3n) is 16.1. The molecule has 0 saturated carbocycles. The van der Waals surface area contributed by atoms with E-state index in [4.69, 9.17) is 8.83 Å². The summed E-state index contributed by atoms with van der Waals surface area (Å²) < 4.78 is 14.2. The lowest BCUT2D eigenvalue weighted by molar-refractivity contribution is 0.669. The quantitative estimate of drug-likeness (QED) is 0.172. The summed E-state index contributed by atoms with van der Waals surface area (Å²) in [4.78, 5) is 5.74. The molecule has 2 aromatic heterocycles. The predicted octanol–water partition coefficient (Wildman–Crippen LogP) is 19.8. The maximum atomic E-state index is 7.13. The van der Waals surface area contributed by atoms with Crippen LogP contribution in [0.2, 0.25) is 0 Å². The van der Waals surface area contributed by atoms with Crippen LogP contribution in [0.3, 0.4) is 0 Å². The lowest BCUT2D eigenvalue weighted by Gasteiger charge is -2.33. The molecule has 2 aliphatic heterocycles. The molecule has 4 heterocycles. The van der Waals surface area contributed by atoms with E-state index in [9.17, 15) is 0 Å². The Bertz CT molecular complexity index is 4410. The van der Waals surface area contributed by atoms with Crippen LogP contribution in [0.4, 0.5) is 0 Å². The average Bonchev–Trinajstić information content (AvgIpc) is 4.14. The molecule has 71 heavy (non-hydrogen) atoms. The normalized spacial score (nSPS) is 16.9. The standard InChI is InChI=1S/C67H48O2S2/c1-5-71(4)59-39-54-58(38-55(59)63-61(71)37-53(66-65(63)51-23-11-13-27-57(51)68-66)45-34-30-43(31-35-45)49-25-15-19-41-17-7-9-21-47(41)49)70(2,3)60-36-52(62-50-22-10-12-26-56(50)69-67(62)64(54)60)44-32-28-42(29-33-44)48-24-14-18-40-16-6-8-20-46(40)48/h6-39H,5H2,1-4H3. The molecule has 0 aliphatic carbocycles. The molecule has 0 amide bonds. The van der Waals surface area contributed by atoms with Gasteiger partial charge in [-0.3, -0.25) is 0 Å². The van der Waals surface area contributed by atoms with Crippen LogP contribution in [0, 0.1) is 0 Å². The fourth-order valence-electron chi connectivity index (χ4n) is 12.4. The Kier molecular flexibility index (Phi) is 8.61. The van der Waals surface area contributed by atoms with Gasteiger partial charge < -0.3 is 8.83 Å². The van der Waals surface area contributed by atoms with Gasteiger partial charge in [0.25, 0.3) is 0 Å². The molecule has 0 N–H and O–H groups in total. The second-order valence-electron chi connectivity index (χ2n) is 20.0. The van der Waals surface area contributed by atoms with Crippen molar-refractivity contribution in [3.05, 3.63) is 206 Å². The van der Waals surface area contributed by atoms with Crippen molar-refractivity contribution in [1.82, 2.24) is 0 Å². The van der Waals surface area contributed by atoms with Gasteiger partial charge in [-0.1, -0.05) is 177 Å². The van der Waals surface area contributed by atoms with Gasteiger partial charge in [-0.2, -0.15) is 20.1 Å². The fourth-order valence-corrected chi connectivity index (χ4v) is 17.8. The summed E-state index contributed by atoms with van der Waals surface area (Å²) in [5.41, 5.74) is 18.8. The van der Waals surface area contributed by atoms with E-state index < -0.39 is 20.1 Å². The van der Waals surface area contributed by atoms with E-state index in [-0.39, 0.29) is 0 Å². The molecule has 2 aliphatic rings. The van der Waals surface area contributed by atoms with Crippen molar-refractivity contribution in [1.29, 1.82) is 0 Å². The Morgan fingerprint density at radius 2 is 0.775 bits per heavy atom. The van der Waals surface area contributed by atoms with Crippen molar-refractivity contribution in [2.24, 2.45) is 0 Å². The first-order chi connectivity index (χ1) is 34.8. The highest BCUT2D eigenvalue weighted by molar-refractivity contribution is 8.34. The molecule has 340 valence electrons. The molecule has 4 heteroatoms. The van der Waals surface area contributed by atoms with Crippen molar-refractivity contribution in [3.63, 3.8) is 0 Å². The Hall–Kier alpha value is -7.76. The number of para-hydroxylation sites is 2. The molecule has 2 nitrogen and oxygen atoms in total. The molecule has 1 atom stereocenters. The topological polar surface area (TPSA) is 26.3 Å². The Morgan fingerprint density at radius 3 is 1.37 bits per heavy atom. The second kappa shape index (κ2) is 14.9. The van der Waals surface area contributed by atoms with Crippen LogP contribution in [0.1, 0.15) is 6.92 Å². The molecule has 0 spiro atoms. The zero-order valence-electron chi connectivity index (χ0n) is 40.0. The minimum absolute atomic E-state index is 0.926. The molecule has 11 aromatic carbocycles. The summed E-state index contributed by atoms with van der Waals surface area (Å²) in [6.45, 7) is 2.40. The van der Waals surface area contributed by atoms with Crippen LogP contribution in [0.5, 0.6) is 0 Å². The van der Waals surface area contributed by atoms with Crippen molar-refractivity contribution < 1.29 is 8.83 Å². The van der Waals surface area contributed by atoms with Crippen molar-refractivity contribution >= 4 is 85.5 Å². The monoisotopic (exact) mass is 948 g/mol. The van der Waals surface area contributed by atoms with Gasteiger partial charge in [0.05, 0.1) is 0 Å². The zero-order chi connectivity index (χ0) is 47.3. The predicted molar refractivity (Wildman–Crippen MR) is 305 cm³/mol. The summed E-state index contributed by atoms with van der Waals surface area (Å²) in [5.74, 6) is 1.03. The number of furan rings is 2. The summed E-state index contributed by atoms with van der Waals surface area (Å²) in [5, 5.41) is 9.80. The van der Waals surface area contributed by atoms with Gasteiger partial charge in [0.2, 0.25) is 0 Å². The average molecular weight is 949 g/mol. The summed E-state index contributed by atoms with van der Waals surface area (Å²) in [6, 6.07) is 76.5. The fraction of sp³-hybridized carbons (Fsp3) is 0.0746. The van der Waals surface area contributed by atoms with Crippen LogP contribution in [0.25, 0.3) is 132 Å². The maximum Gasteiger partial charge on any atom is 0.144 e. The van der Waals surface area contributed by atoms with Crippen LogP contribution < -0.4 is 0 Å². The maximum absolute atomic E-state index is 7.13. The van der Waals surface area contributed by atoms with Crippen molar-refractivity contribution in [3.8, 4) is 66.8 Å². The number of fused-ring (bicyclic) bond motifs is 16. The summed E-state index contributed by atoms with van der Waals surface area (Å²) >= 11 is 0. The Morgan fingerprint density at radius 1 is 0.338 bits per heavy atom. The largest absolute Gasteiger partial charge is 0.455 e. The molecule has 0 saturated heterocycles. The lowest BCUT2D eigenvalue weighted by atomic mass is 9.91. The van der Waals surface area contributed by atoms with Gasteiger partial charge in [0, 0.05) is 63.4 Å². The van der Waals surface area contributed by atoms with Gasteiger partial charge in [-0.05, 0) is 127 Å². The first kappa shape index (κ1) is 41.1. The van der Waals surface area contributed by atoms with Gasteiger partial charge >= 0.3 is 0 Å². The number of rotatable bonds is 5. The van der Waals surface area contributed by atoms with Gasteiger partial charge in [0.15, 0.2) is 0 Å². The van der Waals surface area contributed by atoms with Crippen LogP contribution >= 0.6 is 20.1 Å². The minimum Gasteiger partial charge on any atom is -0.455 e. The zero-order valence-corrected chi connectivity index (χ0v) is 41.6. The van der Waals surface area contributed by atoms with Crippen LogP contribution in [0.15, 0.2) is 235 Å². The van der Waals surface area contributed by atoms with Crippen molar-refractivity contribution in [2.45, 2.75) is 26.5 Å². The first-order valence-corrected chi connectivity index (χ1v) is 29.3. The summed E-state index contributed by atoms with van der Waals surface area (Å²) in [6.07, 6.45) is 7.56. The highest BCUT2D eigenvalue weighted by atomic mass is 32.3. The minimum atomic E-state index is -1.52. The van der Waals surface area contributed by atoms with Crippen molar-refractivity contribution in [2.75, 3.05) is 24.5 Å². The highest BCUT2D eigenvalue weighted by Crippen LogP contribution is 2.76. The smallest absolute Gasteiger partial charge is 0.144 e. The Labute approximate surface area is 415 Å².